The van der Waals surface area contributed by atoms with Crippen molar-refractivity contribution < 1.29 is 22.3 Å². The van der Waals surface area contributed by atoms with Gasteiger partial charge in [0, 0.05) is 19.1 Å². The van der Waals surface area contributed by atoms with E-state index in [-0.39, 0.29) is 30.2 Å². The number of imidazole rings is 1. The van der Waals surface area contributed by atoms with Crippen LogP contribution in [0.4, 0.5) is 23.5 Å². The second kappa shape index (κ2) is 7.60. The van der Waals surface area contributed by atoms with Gasteiger partial charge in [0.2, 0.25) is 5.95 Å². The molecule has 0 aromatic carbocycles. The van der Waals surface area contributed by atoms with Gasteiger partial charge >= 0.3 is 6.18 Å². The molecular weight excluding hydrogens is 404 g/mol. The first-order valence-corrected chi connectivity index (χ1v) is 9.36. The summed E-state index contributed by atoms with van der Waals surface area (Å²) in [6.45, 7) is 0.0372. The number of nitrogens with one attached hydrogen (secondary N) is 1. The van der Waals surface area contributed by atoms with Gasteiger partial charge in [-0.3, -0.25) is 4.90 Å². The number of alkyl halides is 4. The van der Waals surface area contributed by atoms with E-state index in [0.29, 0.717) is 37.3 Å². The van der Waals surface area contributed by atoms with Crippen LogP contribution in [-0.4, -0.2) is 75.7 Å². The highest BCUT2D eigenvalue weighted by atomic mass is 35.5. The molecule has 1 N–H and O–H groups in total. The van der Waals surface area contributed by atoms with E-state index in [2.05, 4.69) is 20.4 Å². The molecule has 1 unspecified atom stereocenters. The Morgan fingerprint density at radius 3 is 2.89 bits per heavy atom. The van der Waals surface area contributed by atoms with Crippen LogP contribution < -0.4 is 5.32 Å². The smallest absolute Gasteiger partial charge is 0.378 e. The van der Waals surface area contributed by atoms with Gasteiger partial charge in [0.15, 0.2) is 5.15 Å². The van der Waals surface area contributed by atoms with E-state index in [1.165, 1.54) is 15.6 Å². The van der Waals surface area contributed by atoms with Gasteiger partial charge in [-0.15, -0.1) is 5.10 Å². The fraction of sp³-hybridized carbons (Fsp3) is 0.688. The van der Waals surface area contributed by atoms with Gasteiger partial charge in [0.1, 0.15) is 17.5 Å². The summed E-state index contributed by atoms with van der Waals surface area (Å²) in [7, 11) is 0. The van der Waals surface area contributed by atoms with Crippen molar-refractivity contribution in [2.75, 3.05) is 38.2 Å². The van der Waals surface area contributed by atoms with Crippen molar-refractivity contribution in [2.45, 2.75) is 37.1 Å². The van der Waals surface area contributed by atoms with Gasteiger partial charge < -0.3 is 10.1 Å². The van der Waals surface area contributed by atoms with Crippen molar-refractivity contribution >= 4 is 23.1 Å². The zero-order valence-corrected chi connectivity index (χ0v) is 15.5. The Morgan fingerprint density at radius 1 is 1.32 bits per heavy atom. The second-order valence-electron chi connectivity index (χ2n) is 7.11. The summed E-state index contributed by atoms with van der Waals surface area (Å²) in [5.41, 5.74) is 0.459. The highest BCUT2D eigenvalue weighted by Crippen LogP contribution is 2.31. The van der Waals surface area contributed by atoms with E-state index >= 15 is 0 Å². The Hall–Kier alpha value is -1.72. The first-order valence-electron chi connectivity index (χ1n) is 8.99. The molecule has 0 bridgehead atoms. The lowest BCUT2D eigenvalue weighted by Gasteiger charge is -2.26. The summed E-state index contributed by atoms with van der Waals surface area (Å²) < 4.78 is 58.5. The molecule has 0 aliphatic carbocycles. The third-order valence-electron chi connectivity index (χ3n) is 5.01. The highest BCUT2D eigenvalue weighted by Gasteiger charge is 2.36. The van der Waals surface area contributed by atoms with Gasteiger partial charge in [-0.2, -0.15) is 13.2 Å². The largest absolute Gasteiger partial charge is 0.401 e. The number of nitrogens with zero attached hydrogens (tertiary/aromatic N) is 5. The predicted octanol–water partition coefficient (Wildman–Crippen LogP) is 2.67. The Labute approximate surface area is 163 Å². The minimum atomic E-state index is -4.24. The van der Waals surface area contributed by atoms with Gasteiger partial charge in [-0.05, 0) is 19.4 Å². The fourth-order valence-electron chi connectivity index (χ4n) is 3.67. The third-order valence-corrected chi connectivity index (χ3v) is 5.29. The monoisotopic (exact) mass is 422 g/mol. The number of fused-ring (bicyclic) bond motifs is 1. The molecule has 0 amide bonds. The summed E-state index contributed by atoms with van der Waals surface area (Å²) in [5.74, 6) is 0.462. The molecule has 2 aromatic rings. The molecule has 2 saturated heterocycles. The van der Waals surface area contributed by atoms with Crippen LogP contribution in [0.15, 0.2) is 6.20 Å². The minimum Gasteiger partial charge on any atom is -0.378 e. The summed E-state index contributed by atoms with van der Waals surface area (Å²) in [5, 5.41) is 7.52. The molecule has 0 spiro atoms. The molecule has 4 rings (SSSR count). The van der Waals surface area contributed by atoms with Crippen molar-refractivity contribution in [3.8, 4) is 0 Å². The number of anilines is 1. The molecular formula is C16H19ClF4N6O. The third kappa shape index (κ3) is 4.15. The SMILES string of the molecule is F[C@@H]1COCC[C@H]1Nc1ncc2c(Cl)nc(C3CCN(CC(F)(F)F)C3)n2n1. The standard InChI is InChI=1S/C16H19ClF4N6O/c17-13-12-5-22-15(23-11-2-4-28-7-10(11)18)25-27(12)14(24-13)9-1-3-26(6-9)8-16(19,20)21/h5,9-11H,1-4,6-8H2,(H,23,25)/t9?,10-,11-/m1/s1. The van der Waals surface area contributed by atoms with Crippen LogP contribution in [0.2, 0.25) is 5.15 Å². The van der Waals surface area contributed by atoms with Crippen LogP contribution in [0.3, 0.4) is 0 Å². The fourth-order valence-corrected chi connectivity index (χ4v) is 3.89. The number of halogens is 5. The highest BCUT2D eigenvalue weighted by molar-refractivity contribution is 6.32. The normalized spacial score (nSPS) is 26.8. The average Bonchev–Trinajstić information content (AvgIpc) is 3.20. The van der Waals surface area contributed by atoms with E-state index in [0.717, 1.165) is 0 Å². The summed E-state index contributed by atoms with van der Waals surface area (Å²) in [6, 6.07) is -0.470. The molecule has 2 aliphatic rings. The first-order chi connectivity index (χ1) is 13.3. The van der Waals surface area contributed by atoms with Crippen molar-refractivity contribution in [3.05, 3.63) is 17.2 Å². The van der Waals surface area contributed by atoms with Crippen LogP contribution in [0.5, 0.6) is 0 Å². The number of ether oxygens (including phenoxy) is 1. The number of hydrogen-bond acceptors (Lipinski definition) is 6. The van der Waals surface area contributed by atoms with Crippen LogP contribution in [0.1, 0.15) is 24.6 Å². The molecule has 0 saturated carbocycles. The Morgan fingerprint density at radius 2 is 2.14 bits per heavy atom. The van der Waals surface area contributed by atoms with Crippen molar-refractivity contribution in [1.29, 1.82) is 0 Å². The average molecular weight is 423 g/mol. The first kappa shape index (κ1) is 19.6. The molecule has 12 heteroatoms. The van der Waals surface area contributed by atoms with E-state index in [4.69, 9.17) is 16.3 Å². The van der Waals surface area contributed by atoms with E-state index in [1.54, 1.807) is 0 Å². The molecule has 2 aliphatic heterocycles. The van der Waals surface area contributed by atoms with Crippen molar-refractivity contribution in [3.63, 3.8) is 0 Å². The molecule has 2 fully saturated rings. The minimum absolute atomic E-state index is 0.0131. The number of rotatable bonds is 4. The zero-order valence-electron chi connectivity index (χ0n) is 14.8. The molecule has 2 aromatic heterocycles. The van der Waals surface area contributed by atoms with Crippen LogP contribution in [0, 0.1) is 0 Å². The zero-order chi connectivity index (χ0) is 19.9. The molecule has 28 heavy (non-hydrogen) atoms. The summed E-state index contributed by atoms with van der Waals surface area (Å²) >= 11 is 6.16. The maximum atomic E-state index is 14.0. The van der Waals surface area contributed by atoms with Gasteiger partial charge in [0.25, 0.3) is 0 Å². The summed E-state index contributed by atoms with van der Waals surface area (Å²) in [6.07, 6.45) is -2.94. The quantitative estimate of drug-likeness (QED) is 0.764. The number of aromatic nitrogens is 4. The van der Waals surface area contributed by atoms with E-state index in [1.807, 2.05) is 0 Å². The second-order valence-corrected chi connectivity index (χ2v) is 7.46. The maximum Gasteiger partial charge on any atom is 0.401 e. The van der Waals surface area contributed by atoms with Crippen molar-refractivity contribution in [1.82, 2.24) is 24.5 Å². The van der Waals surface area contributed by atoms with Crippen LogP contribution in [-0.2, 0) is 4.74 Å². The van der Waals surface area contributed by atoms with Gasteiger partial charge in [-0.25, -0.2) is 18.9 Å². The molecule has 4 heterocycles. The van der Waals surface area contributed by atoms with E-state index < -0.39 is 24.9 Å². The van der Waals surface area contributed by atoms with Gasteiger partial charge in [0.05, 0.1) is 25.4 Å². The van der Waals surface area contributed by atoms with Crippen LogP contribution in [0.25, 0.3) is 5.52 Å². The lowest BCUT2D eigenvalue weighted by atomic mass is 10.1. The predicted molar refractivity (Wildman–Crippen MR) is 93.4 cm³/mol. The van der Waals surface area contributed by atoms with Gasteiger partial charge in [-0.1, -0.05) is 11.6 Å². The number of likely N-dealkylation sites (tertiary alicyclic amines) is 1. The maximum absolute atomic E-state index is 14.0. The molecule has 154 valence electrons. The molecule has 0 radical (unpaired) electrons. The Kier molecular flexibility index (Phi) is 5.32. The topological polar surface area (TPSA) is 67.6 Å². The van der Waals surface area contributed by atoms with Crippen LogP contribution >= 0.6 is 11.6 Å². The van der Waals surface area contributed by atoms with E-state index in [9.17, 15) is 17.6 Å². The Bertz CT molecular complexity index is 846. The molecule has 7 nitrogen and oxygen atoms in total. The number of hydrogen-bond donors (Lipinski definition) is 1. The lowest BCUT2D eigenvalue weighted by molar-refractivity contribution is -0.143. The van der Waals surface area contributed by atoms with Crippen molar-refractivity contribution in [2.24, 2.45) is 0 Å². The summed E-state index contributed by atoms with van der Waals surface area (Å²) in [4.78, 5) is 9.81. The molecule has 3 atom stereocenters. The Balaban J connectivity index is 1.55. The lowest BCUT2D eigenvalue weighted by Crippen LogP contribution is -2.39.